The molecule has 108 valence electrons. The van der Waals surface area contributed by atoms with Crippen LogP contribution < -0.4 is 10.9 Å². The Morgan fingerprint density at radius 2 is 1.18 bits per heavy atom. The molecule has 2 N–H and O–H groups in total. The first kappa shape index (κ1) is 13.8. The molecule has 0 aliphatic rings. The van der Waals surface area contributed by atoms with Crippen LogP contribution in [-0.2, 0) is 0 Å². The molecule has 4 heteroatoms. The smallest absolute Gasteiger partial charge is 0.111 e. The van der Waals surface area contributed by atoms with Crippen LogP contribution in [-0.4, -0.2) is 0 Å². The van der Waals surface area contributed by atoms with Gasteiger partial charge < -0.3 is 5.43 Å². The van der Waals surface area contributed by atoms with Crippen molar-refractivity contribution in [1.29, 1.82) is 0 Å². The molecule has 0 saturated carbocycles. The van der Waals surface area contributed by atoms with Gasteiger partial charge >= 0.3 is 0 Å². The number of hydrazine groups is 1. The fourth-order valence-electron chi connectivity index (χ4n) is 1.93. The lowest BCUT2D eigenvalue weighted by Crippen LogP contribution is -2.08. The molecule has 0 fully saturated rings. The Morgan fingerprint density at radius 1 is 0.545 bits per heavy atom. The quantitative estimate of drug-likeness (QED) is 0.478. The Bertz CT molecular complexity index is 739. The summed E-state index contributed by atoms with van der Waals surface area (Å²) in [5.41, 5.74) is 9.76. The Morgan fingerprint density at radius 3 is 1.95 bits per heavy atom. The number of azo groups is 1. The van der Waals surface area contributed by atoms with E-state index in [2.05, 4.69) is 21.1 Å². The van der Waals surface area contributed by atoms with Gasteiger partial charge in [-0.15, -0.1) is 5.11 Å². The average Bonchev–Trinajstić information content (AvgIpc) is 2.61. The summed E-state index contributed by atoms with van der Waals surface area (Å²) >= 11 is 0. The Hall–Kier alpha value is -3.14. The highest BCUT2D eigenvalue weighted by molar-refractivity contribution is 5.67. The van der Waals surface area contributed by atoms with E-state index in [4.69, 9.17) is 0 Å². The largest absolute Gasteiger partial charge is 0.301 e. The van der Waals surface area contributed by atoms with E-state index >= 15 is 0 Å². The molecule has 22 heavy (non-hydrogen) atoms. The number of benzene rings is 3. The lowest BCUT2D eigenvalue weighted by molar-refractivity contribution is 1.22. The first-order chi connectivity index (χ1) is 10.9. The fraction of sp³-hybridized carbons (Fsp3) is 0. The molecule has 0 spiro atoms. The molecule has 0 atom stereocenters. The summed E-state index contributed by atoms with van der Waals surface area (Å²) in [6.45, 7) is 0. The molecule has 0 aliphatic carbocycles. The molecule has 4 nitrogen and oxygen atoms in total. The second kappa shape index (κ2) is 7.04. The van der Waals surface area contributed by atoms with Crippen molar-refractivity contribution in [2.75, 3.05) is 10.9 Å². The zero-order valence-electron chi connectivity index (χ0n) is 12.0. The zero-order valence-corrected chi connectivity index (χ0v) is 12.0. The Balaban J connectivity index is 1.74. The minimum absolute atomic E-state index is 0.773. The molecular formula is C18H16N4. The number of nitrogens with one attached hydrogen (secondary N) is 2. The van der Waals surface area contributed by atoms with Crippen molar-refractivity contribution in [3.05, 3.63) is 84.9 Å². The van der Waals surface area contributed by atoms with E-state index in [1.54, 1.807) is 0 Å². The van der Waals surface area contributed by atoms with Crippen molar-refractivity contribution in [3.63, 3.8) is 0 Å². The van der Waals surface area contributed by atoms with Gasteiger partial charge in [-0.1, -0.05) is 48.5 Å². The molecule has 3 rings (SSSR count). The van der Waals surface area contributed by atoms with Gasteiger partial charge in [-0.2, -0.15) is 5.11 Å². The van der Waals surface area contributed by atoms with Crippen molar-refractivity contribution in [2.45, 2.75) is 0 Å². The van der Waals surface area contributed by atoms with Gasteiger partial charge in [0, 0.05) is 0 Å². The Labute approximate surface area is 129 Å². The molecule has 0 aromatic heterocycles. The molecule has 0 aliphatic heterocycles. The van der Waals surface area contributed by atoms with Crippen LogP contribution in [0.4, 0.5) is 22.7 Å². The van der Waals surface area contributed by atoms with Crippen LogP contribution in [0.25, 0.3) is 0 Å². The first-order valence-corrected chi connectivity index (χ1v) is 7.05. The van der Waals surface area contributed by atoms with Crippen LogP contribution in [0.1, 0.15) is 0 Å². The highest BCUT2D eigenvalue weighted by Crippen LogP contribution is 2.26. The molecule has 0 heterocycles. The summed E-state index contributed by atoms with van der Waals surface area (Å²) in [7, 11) is 0. The van der Waals surface area contributed by atoms with E-state index < -0.39 is 0 Å². The highest BCUT2D eigenvalue weighted by Gasteiger charge is 2.00. The van der Waals surface area contributed by atoms with Crippen LogP contribution in [0.2, 0.25) is 0 Å². The van der Waals surface area contributed by atoms with Crippen molar-refractivity contribution in [2.24, 2.45) is 10.2 Å². The molecule has 0 bridgehead atoms. The normalized spacial score (nSPS) is 10.5. The maximum atomic E-state index is 4.31. The second-order valence-electron chi connectivity index (χ2n) is 4.67. The van der Waals surface area contributed by atoms with Gasteiger partial charge in [0.15, 0.2) is 0 Å². The van der Waals surface area contributed by atoms with Gasteiger partial charge in [-0.05, 0) is 36.4 Å². The lowest BCUT2D eigenvalue weighted by atomic mass is 10.3. The van der Waals surface area contributed by atoms with Gasteiger partial charge in [0.25, 0.3) is 0 Å². The number of nitrogens with zero attached hydrogens (tertiary/aromatic N) is 2. The molecule has 3 aromatic rings. The van der Waals surface area contributed by atoms with Crippen molar-refractivity contribution in [1.82, 2.24) is 0 Å². The monoisotopic (exact) mass is 288 g/mol. The Kier molecular flexibility index (Phi) is 4.42. The van der Waals surface area contributed by atoms with Crippen molar-refractivity contribution < 1.29 is 0 Å². The third kappa shape index (κ3) is 3.70. The third-order valence-corrected chi connectivity index (χ3v) is 3.05. The third-order valence-electron chi connectivity index (χ3n) is 3.05. The summed E-state index contributed by atoms with van der Waals surface area (Å²) in [5.74, 6) is 0. The van der Waals surface area contributed by atoms with E-state index in [0.29, 0.717) is 0 Å². The number of para-hydroxylation sites is 2. The van der Waals surface area contributed by atoms with Gasteiger partial charge in [-0.3, -0.25) is 5.43 Å². The first-order valence-electron chi connectivity index (χ1n) is 7.05. The predicted molar refractivity (Wildman–Crippen MR) is 90.7 cm³/mol. The van der Waals surface area contributed by atoms with E-state index in [9.17, 15) is 0 Å². The topological polar surface area (TPSA) is 48.8 Å². The molecule has 0 saturated heterocycles. The zero-order chi connectivity index (χ0) is 15.0. The standard InChI is InChI=1S/C18H16N4/c1-3-9-15(10-4-1)19-21-17-13-7-8-14-18(17)22-20-16-11-5-2-6-12-16/h1-14,19,21H. The van der Waals surface area contributed by atoms with E-state index in [1.807, 2.05) is 84.9 Å². The molecule has 0 radical (unpaired) electrons. The second-order valence-corrected chi connectivity index (χ2v) is 4.67. The van der Waals surface area contributed by atoms with Gasteiger partial charge in [0.05, 0.1) is 17.1 Å². The SMILES string of the molecule is c1ccc(N=Nc2ccccc2NNc2ccccc2)cc1. The van der Waals surface area contributed by atoms with Crippen LogP contribution >= 0.6 is 0 Å². The number of anilines is 2. The van der Waals surface area contributed by atoms with Crippen molar-refractivity contribution in [3.8, 4) is 0 Å². The summed E-state index contributed by atoms with van der Waals surface area (Å²) in [6.07, 6.45) is 0. The van der Waals surface area contributed by atoms with Crippen LogP contribution in [0.15, 0.2) is 95.2 Å². The predicted octanol–water partition coefficient (Wildman–Crippen LogP) is 5.54. The fourth-order valence-corrected chi connectivity index (χ4v) is 1.93. The summed E-state index contributed by atoms with van der Waals surface area (Å²) in [5, 5.41) is 8.56. The van der Waals surface area contributed by atoms with Crippen molar-refractivity contribution >= 4 is 22.7 Å². The maximum Gasteiger partial charge on any atom is 0.111 e. The summed E-state index contributed by atoms with van der Waals surface area (Å²) < 4.78 is 0. The summed E-state index contributed by atoms with van der Waals surface area (Å²) in [4.78, 5) is 0. The molecule has 3 aromatic carbocycles. The van der Waals surface area contributed by atoms with E-state index in [-0.39, 0.29) is 0 Å². The minimum Gasteiger partial charge on any atom is -0.301 e. The van der Waals surface area contributed by atoms with Gasteiger partial charge in [0.2, 0.25) is 0 Å². The maximum absolute atomic E-state index is 4.31. The van der Waals surface area contributed by atoms with Gasteiger partial charge in [-0.25, -0.2) is 0 Å². The van der Waals surface area contributed by atoms with E-state index in [1.165, 1.54) is 0 Å². The van der Waals surface area contributed by atoms with E-state index in [0.717, 1.165) is 22.7 Å². The molecule has 0 amide bonds. The lowest BCUT2D eigenvalue weighted by Gasteiger charge is -2.11. The summed E-state index contributed by atoms with van der Waals surface area (Å²) in [6, 6.07) is 27.3. The highest BCUT2D eigenvalue weighted by atomic mass is 15.4. The van der Waals surface area contributed by atoms with Crippen LogP contribution in [0.3, 0.4) is 0 Å². The number of hydrogen-bond donors (Lipinski definition) is 2. The number of rotatable bonds is 5. The van der Waals surface area contributed by atoms with Crippen LogP contribution in [0.5, 0.6) is 0 Å². The number of hydrogen-bond acceptors (Lipinski definition) is 4. The van der Waals surface area contributed by atoms with Gasteiger partial charge in [0.1, 0.15) is 5.69 Å². The van der Waals surface area contributed by atoms with Crippen LogP contribution in [0, 0.1) is 0 Å². The minimum atomic E-state index is 0.773. The molecule has 0 unspecified atom stereocenters. The average molecular weight is 288 g/mol. The molecular weight excluding hydrogens is 272 g/mol.